The monoisotopic (exact) mass is 240 g/mol. The Hall–Kier alpha value is -1.13. The van der Waals surface area contributed by atoms with E-state index in [2.05, 4.69) is 10.3 Å². The molecule has 0 saturated carbocycles. The topological polar surface area (TPSA) is 42.0 Å². The van der Waals surface area contributed by atoms with Crippen molar-refractivity contribution >= 4 is 44.7 Å². The van der Waals surface area contributed by atoms with E-state index in [0.717, 1.165) is 15.9 Å². The molecule has 0 radical (unpaired) electrons. The minimum atomic E-state index is -0.526. The first-order chi connectivity index (χ1) is 7.16. The van der Waals surface area contributed by atoms with Gasteiger partial charge in [0.05, 0.1) is 15.7 Å². The summed E-state index contributed by atoms with van der Waals surface area (Å²) >= 11 is 7.20. The second kappa shape index (κ2) is 4.16. The molecule has 78 valence electrons. The Morgan fingerprint density at radius 1 is 1.60 bits per heavy atom. The SMILES string of the molecule is CC(Cl)C(=O)Nc1ccc2ncsc2c1. The Balaban J connectivity index is 2.25. The number of thiazole rings is 1. The third-order valence-corrected chi connectivity index (χ3v) is 2.95. The number of amides is 1. The van der Waals surface area contributed by atoms with Crippen LogP contribution in [-0.4, -0.2) is 16.3 Å². The van der Waals surface area contributed by atoms with Gasteiger partial charge in [-0.1, -0.05) is 0 Å². The zero-order chi connectivity index (χ0) is 10.8. The van der Waals surface area contributed by atoms with E-state index in [0.29, 0.717) is 0 Å². The maximum absolute atomic E-state index is 11.3. The van der Waals surface area contributed by atoms with Crippen molar-refractivity contribution in [3.05, 3.63) is 23.7 Å². The van der Waals surface area contributed by atoms with Gasteiger partial charge in [-0.3, -0.25) is 4.79 Å². The van der Waals surface area contributed by atoms with Crippen molar-refractivity contribution < 1.29 is 4.79 Å². The Bertz CT molecular complexity index is 495. The fourth-order valence-electron chi connectivity index (χ4n) is 1.17. The highest BCUT2D eigenvalue weighted by molar-refractivity contribution is 7.16. The van der Waals surface area contributed by atoms with Gasteiger partial charge in [0.2, 0.25) is 5.91 Å². The number of hydrogen-bond acceptors (Lipinski definition) is 3. The Morgan fingerprint density at radius 2 is 2.40 bits per heavy atom. The average Bonchev–Trinajstić information content (AvgIpc) is 2.64. The summed E-state index contributed by atoms with van der Waals surface area (Å²) in [5, 5.41) is 2.21. The van der Waals surface area contributed by atoms with Gasteiger partial charge < -0.3 is 5.32 Å². The van der Waals surface area contributed by atoms with Crippen LogP contribution in [0.4, 0.5) is 5.69 Å². The summed E-state index contributed by atoms with van der Waals surface area (Å²) in [6.45, 7) is 1.64. The molecule has 15 heavy (non-hydrogen) atoms. The second-order valence-corrected chi connectivity index (χ2v) is 4.68. The molecule has 0 spiro atoms. The van der Waals surface area contributed by atoms with Crippen molar-refractivity contribution in [3.8, 4) is 0 Å². The van der Waals surface area contributed by atoms with Crippen LogP contribution in [0.5, 0.6) is 0 Å². The quantitative estimate of drug-likeness (QED) is 0.821. The number of rotatable bonds is 2. The average molecular weight is 241 g/mol. The van der Waals surface area contributed by atoms with Gasteiger partial charge in [-0.05, 0) is 25.1 Å². The largest absolute Gasteiger partial charge is 0.325 e. The van der Waals surface area contributed by atoms with E-state index in [-0.39, 0.29) is 5.91 Å². The summed E-state index contributed by atoms with van der Waals surface area (Å²) in [5.74, 6) is -0.194. The Labute approximate surface area is 96.1 Å². The van der Waals surface area contributed by atoms with E-state index in [9.17, 15) is 4.79 Å². The van der Waals surface area contributed by atoms with Crippen LogP contribution in [0, 0.1) is 0 Å². The molecular formula is C10H9ClN2OS. The minimum absolute atomic E-state index is 0.194. The molecule has 0 fully saturated rings. The van der Waals surface area contributed by atoms with Gasteiger partial charge in [-0.25, -0.2) is 4.98 Å². The lowest BCUT2D eigenvalue weighted by atomic mass is 10.3. The van der Waals surface area contributed by atoms with Crippen molar-refractivity contribution in [2.45, 2.75) is 12.3 Å². The lowest BCUT2D eigenvalue weighted by Gasteiger charge is -2.05. The molecule has 0 saturated heterocycles. The predicted molar refractivity (Wildman–Crippen MR) is 63.6 cm³/mol. The highest BCUT2D eigenvalue weighted by Crippen LogP contribution is 2.21. The Morgan fingerprint density at radius 3 is 3.13 bits per heavy atom. The van der Waals surface area contributed by atoms with Gasteiger partial charge in [0.1, 0.15) is 5.38 Å². The number of anilines is 1. The number of carbonyl (C=O) groups excluding carboxylic acids is 1. The van der Waals surface area contributed by atoms with Crippen LogP contribution in [0.25, 0.3) is 10.2 Å². The molecule has 1 atom stereocenters. The molecule has 0 bridgehead atoms. The van der Waals surface area contributed by atoms with E-state index in [1.165, 1.54) is 0 Å². The van der Waals surface area contributed by atoms with E-state index in [4.69, 9.17) is 11.6 Å². The summed E-state index contributed by atoms with van der Waals surface area (Å²) in [5.41, 5.74) is 3.47. The first kappa shape index (κ1) is 10.4. The predicted octanol–water partition coefficient (Wildman–Crippen LogP) is 2.86. The lowest BCUT2D eigenvalue weighted by Crippen LogP contribution is -2.20. The van der Waals surface area contributed by atoms with Crippen molar-refractivity contribution in [1.29, 1.82) is 0 Å². The van der Waals surface area contributed by atoms with Crippen LogP contribution in [0.1, 0.15) is 6.92 Å². The van der Waals surface area contributed by atoms with Crippen LogP contribution < -0.4 is 5.32 Å². The number of halogens is 1. The van der Waals surface area contributed by atoms with Gasteiger partial charge in [0.25, 0.3) is 0 Å². The number of carbonyl (C=O) groups is 1. The second-order valence-electron chi connectivity index (χ2n) is 3.14. The highest BCUT2D eigenvalue weighted by Gasteiger charge is 2.09. The number of fused-ring (bicyclic) bond motifs is 1. The maximum Gasteiger partial charge on any atom is 0.242 e. The third-order valence-electron chi connectivity index (χ3n) is 1.96. The smallest absolute Gasteiger partial charge is 0.242 e. The summed E-state index contributed by atoms with van der Waals surface area (Å²) in [6.07, 6.45) is 0. The van der Waals surface area contributed by atoms with Gasteiger partial charge in [-0.15, -0.1) is 22.9 Å². The van der Waals surface area contributed by atoms with Crippen LogP contribution >= 0.6 is 22.9 Å². The maximum atomic E-state index is 11.3. The molecule has 5 heteroatoms. The fourth-order valence-corrected chi connectivity index (χ4v) is 1.95. The first-order valence-electron chi connectivity index (χ1n) is 4.45. The summed E-state index contributed by atoms with van der Waals surface area (Å²) in [6, 6.07) is 5.59. The third kappa shape index (κ3) is 2.27. The summed E-state index contributed by atoms with van der Waals surface area (Å²) in [7, 11) is 0. The first-order valence-corrected chi connectivity index (χ1v) is 5.76. The molecule has 2 rings (SSSR count). The highest BCUT2D eigenvalue weighted by atomic mass is 35.5. The molecule has 0 aliphatic heterocycles. The summed E-state index contributed by atoms with van der Waals surface area (Å²) in [4.78, 5) is 15.5. The van der Waals surface area contributed by atoms with Crippen molar-refractivity contribution in [2.24, 2.45) is 0 Å². The van der Waals surface area contributed by atoms with Gasteiger partial charge in [0.15, 0.2) is 0 Å². The molecular weight excluding hydrogens is 232 g/mol. The van der Waals surface area contributed by atoms with Gasteiger partial charge in [-0.2, -0.15) is 0 Å². The van der Waals surface area contributed by atoms with Gasteiger partial charge >= 0.3 is 0 Å². The molecule has 0 aliphatic carbocycles. The van der Waals surface area contributed by atoms with Crippen LogP contribution in [0.2, 0.25) is 0 Å². The summed E-state index contributed by atoms with van der Waals surface area (Å²) < 4.78 is 1.05. The zero-order valence-electron chi connectivity index (χ0n) is 8.03. The number of nitrogens with one attached hydrogen (secondary N) is 1. The standard InChI is InChI=1S/C10H9ClN2OS/c1-6(11)10(14)13-7-2-3-8-9(4-7)15-5-12-8/h2-6H,1H3,(H,13,14). The molecule has 2 aromatic rings. The zero-order valence-corrected chi connectivity index (χ0v) is 9.60. The molecule has 1 unspecified atom stereocenters. The number of nitrogens with zero attached hydrogens (tertiary/aromatic N) is 1. The van der Waals surface area contributed by atoms with Crippen LogP contribution in [0.3, 0.4) is 0 Å². The van der Waals surface area contributed by atoms with Gasteiger partial charge in [0, 0.05) is 5.69 Å². The van der Waals surface area contributed by atoms with E-state index >= 15 is 0 Å². The number of alkyl halides is 1. The van der Waals surface area contributed by atoms with Crippen molar-refractivity contribution in [1.82, 2.24) is 4.98 Å². The van der Waals surface area contributed by atoms with E-state index in [1.807, 2.05) is 18.2 Å². The number of hydrogen-bond donors (Lipinski definition) is 1. The number of benzene rings is 1. The molecule has 1 aromatic carbocycles. The minimum Gasteiger partial charge on any atom is -0.325 e. The van der Waals surface area contributed by atoms with Crippen molar-refractivity contribution in [3.63, 3.8) is 0 Å². The fraction of sp³-hybridized carbons (Fsp3) is 0.200. The molecule has 3 nitrogen and oxygen atoms in total. The normalized spacial score (nSPS) is 12.7. The molecule has 1 aromatic heterocycles. The number of aromatic nitrogens is 1. The molecule has 1 N–H and O–H groups in total. The van der Waals surface area contributed by atoms with E-state index in [1.54, 1.807) is 23.8 Å². The molecule has 1 heterocycles. The lowest BCUT2D eigenvalue weighted by molar-refractivity contribution is -0.115. The molecule has 0 aliphatic rings. The van der Waals surface area contributed by atoms with E-state index < -0.39 is 5.38 Å². The van der Waals surface area contributed by atoms with Crippen molar-refractivity contribution in [2.75, 3.05) is 5.32 Å². The molecule has 1 amide bonds. The van der Waals surface area contributed by atoms with Crippen LogP contribution in [-0.2, 0) is 4.79 Å². The Kier molecular flexibility index (Phi) is 2.88. The van der Waals surface area contributed by atoms with Crippen LogP contribution in [0.15, 0.2) is 23.7 Å².